The highest BCUT2D eigenvalue weighted by Crippen LogP contribution is 2.23. The van der Waals surface area contributed by atoms with Crippen LogP contribution in [0.15, 0.2) is 54.6 Å². The van der Waals surface area contributed by atoms with Gasteiger partial charge in [-0.15, -0.1) is 0 Å². The average Bonchev–Trinajstić information content (AvgIpc) is 3.10. The molecule has 1 aliphatic heterocycles. The molecule has 25 heavy (non-hydrogen) atoms. The lowest BCUT2D eigenvalue weighted by molar-refractivity contribution is -0.119. The van der Waals surface area contributed by atoms with Crippen LogP contribution in [0.3, 0.4) is 0 Å². The Kier molecular flexibility index (Phi) is 5.33. The summed E-state index contributed by atoms with van der Waals surface area (Å²) < 4.78 is 5.74. The van der Waals surface area contributed by atoms with Crippen LogP contribution < -0.4 is 10.1 Å². The molecule has 1 heterocycles. The molecule has 0 bridgehead atoms. The second-order valence-electron chi connectivity index (χ2n) is 6.28. The van der Waals surface area contributed by atoms with E-state index in [2.05, 4.69) is 5.32 Å². The predicted molar refractivity (Wildman–Crippen MR) is 95.7 cm³/mol. The van der Waals surface area contributed by atoms with Crippen LogP contribution >= 0.6 is 0 Å². The summed E-state index contributed by atoms with van der Waals surface area (Å²) in [6.45, 7) is 3.55. The number of hydrogen-bond acceptors (Lipinski definition) is 3. The summed E-state index contributed by atoms with van der Waals surface area (Å²) in [6.07, 6.45) is 0.918. The van der Waals surface area contributed by atoms with Crippen molar-refractivity contribution in [3.8, 4) is 11.5 Å². The summed E-state index contributed by atoms with van der Waals surface area (Å²) in [6, 6.07) is 16.7. The van der Waals surface area contributed by atoms with Crippen LogP contribution in [0, 0.1) is 5.92 Å². The van der Waals surface area contributed by atoms with E-state index in [-0.39, 0.29) is 11.8 Å². The lowest BCUT2D eigenvalue weighted by atomic mass is 10.1. The van der Waals surface area contributed by atoms with Crippen LogP contribution in [0.5, 0.6) is 11.5 Å². The molecule has 1 fully saturated rings. The number of ether oxygens (including phenoxy) is 1. The third-order valence-corrected chi connectivity index (χ3v) is 4.29. The number of amides is 2. The van der Waals surface area contributed by atoms with Crippen LogP contribution in [0.2, 0.25) is 0 Å². The third kappa shape index (κ3) is 4.59. The third-order valence-electron chi connectivity index (χ3n) is 4.29. The molecule has 1 unspecified atom stereocenters. The van der Waals surface area contributed by atoms with Gasteiger partial charge in [0.05, 0.1) is 0 Å². The highest BCUT2D eigenvalue weighted by molar-refractivity contribution is 5.94. The van der Waals surface area contributed by atoms with Gasteiger partial charge in [0.15, 0.2) is 0 Å². The van der Waals surface area contributed by atoms with E-state index in [1.165, 1.54) is 6.92 Å². The Labute approximate surface area is 147 Å². The minimum atomic E-state index is -0.0289. The van der Waals surface area contributed by atoms with Crippen LogP contribution in [0.25, 0.3) is 0 Å². The van der Waals surface area contributed by atoms with Gasteiger partial charge in [0.1, 0.15) is 11.5 Å². The SMILES string of the molecule is CC(=O)NCC1CCN(C(=O)c2ccc(Oc3ccccc3)cc2)C1. The number of benzene rings is 2. The topological polar surface area (TPSA) is 58.6 Å². The largest absolute Gasteiger partial charge is 0.457 e. The van der Waals surface area contributed by atoms with Crippen molar-refractivity contribution >= 4 is 11.8 Å². The average molecular weight is 338 g/mol. The molecule has 3 rings (SSSR count). The zero-order valence-corrected chi connectivity index (χ0v) is 14.3. The van der Waals surface area contributed by atoms with Gasteiger partial charge in [-0.25, -0.2) is 0 Å². The molecule has 2 amide bonds. The fourth-order valence-corrected chi connectivity index (χ4v) is 2.94. The first-order chi connectivity index (χ1) is 12.1. The minimum Gasteiger partial charge on any atom is -0.457 e. The molecule has 1 atom stereocenters. The first-order valence-corrected chi connectivity index (χ1v) is 8.48. The van der Waals surface area contributed by atoms with Crippen LogP contribution in [-0.4, -0.2) is 36.3 Å². The van der Waals surface area contributed by atoms with Gasteiger partial charge in [-0.3, -0.25) is 9.59 Å². The number of nitrogens with zero attached hydrogens (tertiary/aromatic N) is 1. The molecule has 0 saturated carbocycles. The summed E-state index contributed by atoms with van der Waals surface area (Å²) in [5.41, 5.74) is 0.653. The standard InChI is InChI=1S/C20H22N2O3/c1-15(23)21-13-16-11-12-22(14-16)20(24)17-7-9-19(10-8-17)25-18-5-3-2-4-6-18/h2-10,16H,11-14H2,1H3,(H,21,23). The predicted octanol–water partition coefficient (Wildman–Crippen LogP) is 3.08. The molecular weight excluding hydrogens is 316 g/mol. The second kappa shape index (κ2) is 7.83. The first kappa shape index (κ1) is 17.0. The van der Waals surface area contributed by atoms with Crippen LogP contribution in [0.4, 0.5) is 0 Å². The zero-order chi connectivity index (χ0) is 17.6. The number of rotatable bonds is 5. The maximum Gasteiger partial charge on any atom is 0.253 e. The molecule has 130 valence electrons. The molecule has 5 nitrogen and oxygen atoms in total. The van der Waals surface area contributed by atoms with Gasteiger partial charge in [0.2, 0.25) is 5.91 Å². The summed E-state index contributed by atoms with van der Waals surface area (Å²) in [7, 11) is 0. The molecule has 0 aliphatic carbocycles. The Morgan fingerprint density at radius 2 is 1.76 bits per heavy atom. The summed E-state index contributed by atoms with van der Waals surface area (Å²) in [4.78, 5) is 25.4. The molecule has 0 spiro atoms. The van der Waals surface area contributed by atoms with Crippen molar-refractivity contribution < 1.29 is 14.3 Å². The van der Waals surface area contributed by atoms with E-state index in [1.54, 1.807) is 12.1 Å². The lowest BCUT2D eigenvalue weighted by Crippen LogP contribution is -2.32. The van der Waals surface area contributed by atoms with Gasteiger partial charge in [-0.05, 0) is 48.7 Å². The number of likely N-dealkylation sites (tertiary alicyclic amines) is 1. The van der Waals surface area contributed by atoms with Gasteiger partial charge in [0.25, 0.3) is 5.91 Å². The molecule has 1 saturated heterocycles. The van der Waals surface area contributed by atoms with E-state index in [1.807, 2.05) is 47.4 Å². The Bertz CT molecular complexity index is 728. The fourth-order valence-electron chi connectivity index (χ4n) is 2.94. The summed E-state index contributed by atoms with van der Waals surface area (Å²) >= 11 is 0. The van der Waals surface area contributed by atoms with Crippen LogP contribution in [-0.2, 0) is 4.79 Å². The maximum absolute atomic E-state index is 12.6. The van der Waals surface area contributed by atoms with Crippen molar-refractivity contribution in [3.63, 3.8) is 0 Å². The molecule has 1 N–H and O–H groups in total. The molecule has 0 radical (unpaired) electrons. The molecule has 5 heteroatoms. The van der Waals surface area contributed by atoms with E-state index in [0.29, 0.717) is 30.3 Å². The summed E-state index contributed by atoms with van der Waals surface area (Å²) in [5.74, 6) is 1.79. The van der Waals surface area contributed by atoms with E-state index in [9.17, 15) is 9.59 Å². The van der Waals surface area contributed by atoms with Crippen molar-refractivity contribution in [2.75, 3.05) is 19.6 Å². The van der Waals surface area contributed by atoms with Gasteiger partial charge in [-0.1, -0.05) is 18.2 Å². The van der Waals surface area contributed by atoms with Crippen molar-refractivity contribution in [2.45, 2.75) is 13.3 Å². The van der Waals surface area contributed by atoms with E-state index in [4.69, 9.17) is 4.74 Å². The number of hydrogen-bond donors (Lipinski definition) is 1. The van der Waals surface area contributed by atoms with Crippen molar-refractivity contribution in [1.82, 2.24) is 10.2 Å². The molecular formula is C20H22N2O3. The smallest absolute Gasteiger partial charge is 0.253 e. The number of carbonyl (C=O) groups is 2. The lowest BCUT2D eigenvalue weighted by Gasteiger charge is -2.17. The Balaban J connectivity index is 1.57. The zero-order valence-electron chi connectivity index (χ0n) is 14.3. The fraction of sp³-hybridized carbons (Fsp3) is 0.300. The van der Waals surface area contributed by atoms with Crippen molar-refractivity contribution in [3.05, 3.63) is 60.2 Å². The number of nitrogens with one attached hydrogen (secondary N) is 1. The van der Waals surface area contributed by atoms with E-state index < -0.39 is 0 Å². The monoisotopic (exact) mass is 338 g/mol. The van der Waals surface area contributed by atoms with Crippen molar-refractivity contribution in [1.29, 1.82) is 0 Å². The second-order valence-corrected chi connectivity index (χ2v) is 6.28. The molecule has 2 aromatic rings. The molecule has 0 aromatic heterocycles. The summed E-state index contributed by atoms with van der Waals surface area (Å²) in [5, 5.41) is 2.82. The van der Waals surface area contributed by atoms with Gasteiger partial charge >= 0.3 is 0 Å². The number of carbonyl (C=O) groups excluding carboxylic acids is 2. The first-order valence-electron chi connectivity index (χ1n) is 8.48. The van der Waals surface area contributed by atoms with Crippen molar-refractivity contribution in [2.24, 2.45) is 5.92 Å². The Morgan fingerprint density at radius 1 is 1.08 bits per heavy atom. The van der Waals surface area contributed by atoms with Gasteiger partial charge in [0, 0.05) is 32.1 Å². The Hall–Kier alpha value is -2.82. The normalized spacial score (nSPS) is 16.5. The quantitative estimate of drug-likeness (QED) is 0.911. The molecule has 2 aromatic carbocycles. The van der Waals surface area contributed by atoms with E-state index in [0.717, 1.165) is 18.7 Å². The van der Waals surface area contributed by atoms with E-state index >= 15 is 0 Å². The van der Waals surface area contributed by atoms with Gasteiger partial charge in [-0.2, -0.15) is 0 Å². The van der Waals surface area contributed by atoms with Gasteiger partial charge < -0.3 is 15.0 Å². The Morgan fingerprint density at radius 3 is 2.44 bits per heavy atom. The highest BCUT2D eigenvalue weighted by Gasteiger charge is 2.26. The minimum absolute atomic E-state index is 0.0246. The highest BCUT2D eigenvalue weighted by atomic mass is 16.5. The molecule has 1 aliphatic rings. The maximum atomic E-state index is 12.6. The number of para-hydroxylation sites is 1. The van der Waals surface area contributed by atoms with Crippen LogP contribution in [0.1, 0.15) is 23.7 Å².